The van der Waals surface area contributed by atoms with Gasteiger partial charge in [-0.15, -0.1) is 0 Å². The van der Waals surface area contributed by atoms with Crippen molar-refractivity contribution in [1.82, 2.24) is 4.31 Å². The maximum atomic E-state index is 13.0. The Morgan fingerprint density at radius 2 is 1.66 bits per heavy atom. The Morgan fingerprint density at radius 3 is 2.22 bits per heavy atom. The third kappa shape index (κ3) is 5.38. The highest BCUT2D eigenvalue weighted by molar-refractivity contribution is 7.89. The number of carbonyl (C=O) groups is 2. The fourth-order valence-electron chi connectivity index (χ4n) is 3.64. The van der Waals surface area contributed by atoms with Crippen molar-refractivity contribution in [3.63, 3.8) is 0 Å². The summed E-state index contributed by atoms with van der Waals surface area (Å²) in [5, 5.41) is 2.85. The first-order valence-corrected chi connectivity index (χ1v) is 11.6. The van der Waals surface area contributed by atoms with Gasteiger partial charge >= 0.3 is 0 Å². The molecule has 0 aromatic heterocycles. The zero-order chi connectivity index (χ0) is 23.3. The number of amides is 2. The lowest BCUT2D eigenvalue weighted by molar-refractivity contribution is -0.121. The highest BCUT2D eigenvalue weighted by Gasteiger charge is 2.32. The van der Waals surface area contributed by atoms with Crippen LogP contribution in [0.2, 0.25) is 0 Å². The topological polar surface area (TPSA) is 128 Å². The lowest BCUT2D eigenvalue weighted by atomic mass is 9.97. The van der Waals surface area contributed by atoms with E-state index in [1.807, 2.05) is 0 Å². The van der Waals surface area contributed by atoms with E-state index in [0.717, 1.165) is 5.56 Å². The molecule has 9 nitrogen and oxygen atoms in total. The Bertz CT molecular complexity index is 1080. The van der Waals surface area contributed by atoms with Gasteiger partial charge in [0.05, 0.1) is 25.5 Å². The summed E-state index contributed by atoms with van der Waals surface area (Å²) in [5.41, 5.74) is 6.56. The second-order valence-corrected chi connectivity index (χ2v) is 9.46. The van der Waals surface area contributed by atoms with Crippen LogP contribution in [0.1, 0.15) is 18.4 Å². The quantitative estimate of drug-likeness (QED) is 0.617. The molecule has 0 unspecified atom stereocenters. The monoisotopic (exact) mass is 461 g/mol. The van der Waals surface area contributed by atoms with Crippen LogP contribution in [-0.4, -0.2) is 51.8 Å². The van der Waals surface area contributed by atoms with Crippen molar-refractivity contribution in [3.05, 3.63) is 48.0 Å². The second kappa shape index (κ2) is 10.0. The minimum absolute atomic E-state index is 0.120. The second-order valence-electron chi connectivity index (χ2n) is 7.52. The van der Waals surface area contributed by atoms with Crippen molar-refractivity contribution in [1.29, 1.82) is 0 Å². The molecule has 1 aliphatic rings. The molecule has 1 aliphatic heterocycles. The first-order chi connectivity index (χ1) is 15.2. The number of nitrogens with zero attached hydrogens (tertiary/aromatic N) is 1. The number of primary amides is 1. The number of benzene rings is 2. The van der Waals surface area contributed by atoms with E-state index in [0.29, 0.717) is 30.0 Å². The molecule has 3 N–H and O–H groups in total. The maximum Gasteiger partial charge on any atom is 0.243 e. The molecule has 2 aromatic rings. The van der Waals surface area contributed by atoms with Gasteiger partial charge in [-0.1, -0.05) is 12.1 Å². The first-order valence-electron chi connectivity index (χ1n) is 10.1. The number of rotatable bonds is 8. The summed E-state index contributed by atoms with van der Waals surface area (Å²) in [6.07, 6.45) is 0.970. The Balaban J connectivity index is 1.60. The van der Waals surface area contributed by atoms with Crippen molar-refractivity contribution in [2.45, 2.75) is 24.2 Å². The smallest absolute Gasteiger partial charge is 0.243 e. The predicted molar refractivity (Wildman–Crippen MR) is 119 cm³/mol. The lowest BCUT2D eigenvalue weighted by Crippen LogP contribution is -2.41. The van der Waals surface area contributed by atoms with Crippen molar-refractivity contribution >= 4 is 27.5 Å². The summed E-state index contributed by atoms with van der Waals surface area (Å²) in [6.45, 7) is 0.485. The van der Waals surface area contributed by atoms with E-state index in [1.54, 1.807) is 30.3 Å². The van der Waals surface area contributed by atoms with E-state index < -0.39 is 15.9 Å². The van der Waals surface area contributed by atoms with Gasteiger partial charge in [-0.2, -0.15) is 4.31 Å². The van der Waals surface area contributed by atoms with Gasteiger partial charge in [0, 0.05) is 30.8 Å². The third-order valence-electron chi connectivity index (χ3n) is 5.42. The first kappa shape index (κ1) is 23.6. The summed E-state index contributed by atoms with van der Waals surface area (Å²) >= 11 is 0. The average molecular weight is 462 g/mol. The van der Waals surface area contributed by atoms with Crippen LogP contribution < -0.4 is 20.5 Å². The molecule has 0 atom stereocenters. The standard InChI is InChI=1S/C22H27N3O6S/c1-30-19-8-7-18(14-20(19)31-2)32(28,29)25-11-9-16(10-12-25)22(27)24-17-5-3-15(4-6-17)13-21(23)26/h3-8,14,16H,9-13H2,1-2H3,(H2,23,26)(H,24,27). The van der Waals surface area contributed by atoms with Gasteiger partial charge < -0.3 is 20.5 Å². The van der Waals surface area contributed by atoms with Crippen LogP contribution in [0.3, 0.4) is 0 Å². The molecule has 2 aromatic carbocycles. The minimum atomic E-state index is -3.71. The van der Waals surface area contributed by atoms with Crippen molar-refractivity contribution in [2.75, 3.05) is 32.6 Å². The number of piperidine rings is 1. The number of hydrogen-bond acceptors (Lipinski definition) is 6. The molecular weight excluding hydrogens is 434 g/mol. The van der Waals surface area contributed by atoms with E-state index >= 15 is 0 Å². The Morgan fingerprint density at radius 1 is 1.03 bits per heavy atom. The molecule has 0 spiro atoms. The number of hydrogen-bond donors (Lipinski definition) is 2. The fraction of sp³-hybridized carbons (Fsp3) is 0.364. The van der Waals surface area contributed by atoms with Gasteiger partial charge in [-0.25, -0.2) is 8.42 Å². The zero-order valence-electron chi connectivity index (χ0n) is 18.0. The SMILES string of the molecule is COc1ccc(S(=O)(=O)N2CCC(C(=O)Nc3ccc(CC(N)=O)cc3)CC2)cc1OC. The van der Waals surface area contributed by atoms with Gasteiger partial charge in [0.1, 0.15) is 0 Å². The molecule has 1 heterocycles. The third-order valence-corrected chi connectivity index (χ3v) is 7.31. The van der Waals surface area contributed by atoms with Gasteiger partial charge in [-0.3, -0.25) is 9.59 Å². The van der Waals surface area contributed by atoms with Crippen LogP contribution in [0.25, 0.3) is 0 Å². The van der Waals surface area contributed by atoms with Crippen molar-refractivity contribution in [2.24, 2.45) is 11.7 Å². The molecule has 10 heteroatoms. The summed E-state index contributed by atoms with van der Waals surface area (Å²) < 4.78 is 37.8. The van der Waals surface area contributed by atoms with Crippen LogP contribution in [0.4, 0.5) is 5.69 Å². The number of carbonyl (C=O) groups excluding carboxylic acids is 2. The fourth-order valence-corrected chi connectivity index (χ4v) is 5.12. The highest BCUT2D eigenvalue weighted by atomic mass is 32.2. The number of nitrogens with one attached hydrogen (secondary N) is 1. The van der Waals surface area contributed by atoms with Crippen LogP contribution in [0.15, 0.2) is 47.4 Å². The number of methoxy groups -OCH3 is 2. The summed E-state index contributed by atoms with van der Waals surface area (Å²) in [6, 6.07) is 11.4. The lowest BCUT2D eigenvalue weighted by Gasteiger charge is -2.30. The van der Waals surface area contributed by atoms with Crippen LogP contribution in [-0.2, 0) is 26.0 Å². The van der Waals surface area contributed by atoms with Crippen LogP contribution in [0.5, 0.6) is 11.5 Å². The van der Waals surface area contributed by atoms with Gasteiger partial charge in [0.25, 0.3) is 0 Å². The summed E-state index contributed by atoms with van der Waals surface area (Å²) in [5.74, 6) is -0.0845. The largest absolute Gasteiger partial charge is 0.493 e. The van der Waals surface area contributed by atoms with E-state index in [2.05, 4.69) is 5.32 Å². The van der Waals surface area contributed by atoms with E-state index in [-0.39, 0.29) is 36.2 Å². The normalized spacial score (nSPS) is 15.2. The van der Waals surface area contributed by atoms with E-state index in [4.69, 9.17) is 15.2 Å². The van der Waals surface area contributed by atoms with Crippen molar-refractivity contribution in [3.8, 4) is 11.5 Å². The molecule has 1 fully saturated rings. The maximum absolute atomic E-state index is 13.0. The number of ether oxygens (including phenoxy) is 2. The highest BCUT2D eigenvalue weighted by Crippen LogP contribution is 2.32. The van der Waals surface area contributed by atoms with Crippen LogP contribution >= 0.6 is 0 Å². The van der Waals surface area contributed by atoms with Gasteiger partial charge in [-0.05, 0) is 42.7 Å². The molecule has 0 bridgehead atoms. The van der Waals surface area contributed by atoms with Crippen molar-refractivity contribution < 1.29 is 27.5 Å². The molecule has 2 amide bonds. The number of nitrogens with two attached hydrogens (primary N) is 1. The summed E-state index contributed by atoms with van der Waals surface area (Å²) in [4.78, 5) is 23.7. The minimum Gasteiger partial charge on any atom is -0.493 e. The molecule has 0 aliphatic carbocycles. The Kier molecular flexibility index (Phi) is 7.37. The Labute approximate surface area is 187 Å². The van der Waals surface area contributed by atoms with Gasteiger partial charge in [0.2, 0.25) is 21.8 Å². The molecule has 32 heavy (non-hydrogen) atoms. The molecule has 172 valence electrons. The van der Waals surface area contributed by atoms with E-state index in [1.165, 1.54) is 30.7 Å². The summed E-state index contributed by atoms with van der Waals surface area (Å²) in [7, 11) is -0.783. The molecule has 0 saturated carbocycles. The van der Waals surface area contributed by atoms with Gasteiger partial charge in [0.15, 0.2) is 11.5 Å². The van der Waals surface area contributed by atoms with E-state index in [9.17, 15) is 18.0 Å². The van der Waals surface area contributed by atoms with Crippen LogP contribution in [0, 0.1) is 5.92 Å². The average Bonchev–Trinajstić information content (AvgIpc) is 2.79. The molecule has 0 radical (unpaired) electrons. The number of sulfonamides is 1. The Hall–Kier alpha value is -3.11. The predicted octanol–water partition coefficient (Wildman–Crippen LogP) is 1.77. The molecule has 1 saturated heterocycles. The zero-order valence-corrected chi connectivity index (χ0v) is 18.9. The molecular formula is C22H27N3O6S. The molecule has 3 rings (SSSR count). The number of anilines is 1.